The van der Waals surface area contributed by atoms with Crippen molar-refractivity contribution in [2.24, 2.45) is 11.8 Å². The molecule has 2 saturated heterocycles. The lowest BCUT2D eigenvalue weighted by Crippen LogP contribution is -3.19. The van der Waals surface area contributed by atoms with Crippen LogP contribution in [0.5, 0.6) is 0 Å². The fraction of sp³-hybridized carbons (Fsp3) is 0.700. The van der Waals surface area contributed by atoms with Crippen molar-refractivity contribution in [3.63, 3.8) is 0 Å². The number of pyridine rings is 1. The summed E-state index contributed by atoms with van der Waals surface area (Å²) >= 11 is 0. The molecule has 0 spiro atoms. The van der Waals surface area contributed by atoms with Gasteiger partial charge in [0.2, 0.25) is 0 Å². The molecule has 0 radical (unpaired) electrons. The van der Waals surface area contributed by atoms with E-state index in [0.717, 1.165) is 38.4 Å². The van der Waals surface area contributed by atoms with Crippen LogP contribution in [0.1, 0.15) is 32.8 Å². The van der Waals surface area contributed by atoms with Crippen LogP contribution in [0.15, 0.2) is 18.3 Å². The molecule has 2 N–H and O–H groups in total. The van der Waals surface area contributed by atoms with Gasteiger partial charge in [0.25, 0.3) is 11.7 Å². The number of hydrogen-bond donors (Lipinski definition) is 1. The van der Waals surface area contributed by atoms with Gasteiger partial charge in [0.05, 0.1) is 5.56 Å². The molecule has 0 saturated carbocycles. The molecule has 1 amide bonds. The Labute approximate surface area is 164 Å². The van der Waals surface area contributed by atoms with E-state index in [0.29, 0.717) is 30.7 Å². The smallest absolute Gasteiger partial charge is 0.337 e. The summed E-state index contributed by atoms with van der Waals surface area (Å²) in [5.74, 6) is 2.00. The third kappa shape index (κ3) is 4.77. The van der Waals surface area contributed by atoms with E-state index < -0.39 is 11.7 Å². The first kappa shape index (κ1) is 20.9. The van der Waals surface area contributed by atoms with Gasteiger partial charge < -0.3 is 9.80 Å². The number of amides is 1. The molecule has 2 fully saturated rings. The number of quaternary nitrogens is 1. The van der Waals surface area contributed by atoms with Crippen molar-refractivity contribution >= 4 is 11.7 Å². The second kappa shape index (κ2) is 8.27. The number of piperazine rings is 1. The van der Waals surface area contributed by atoms with Gasteiger partial charge in [0.1, 0.15) is 32.4 Å². The lowest BCUT2D eigenvalue weighted by atomic mass is 9.91. The number of carbonyl (C=O) groups is 1. The van der Waals surface area contributed by atoms with Gasteiger partial charge in [-0.25, -0.2) is 4.98 Å². The van der Waals surface area contributed by atoms with E-state index in [-0.39, 0.29) is 11.9 Å². The molecule has 3 atom stereocenters. The molecule has 1 aromatic rings. The number of aromatic nitrogens is 1. The highest BCUT2D eigenvalue weighted by atomic mass is 19.4. The first-order valence-electron chi connectivity index (χ1n) is 10.1. The first-order valence-corrected chi connectivity index (χ1v) is 10.1. The Morgan fingerprint density at radius 2 is 1.79 bits per heavy atom. The summed E-state index contributed by atoms with van der Waals surface area (Å²) in [6.07, 6.45) is -2.15. The van der Waals surface area contributed by atoms with Crippen molar-refractivity contribution in [3.05, 3.63) is 23.9 Å². The van der Waals surface area contributed by atoms with E-state index >= 15 is 0 Å². The molecular weight excluding hydrogens is 369 g/mol. The van der Waals surface area contributed by atoms with Crippen LogP contribution in [0.3, 0.4) is 0 Å². The van der Waals surface area contributed by atoms with Crippen molar-refractivity contribution in [2.45, 2.75) is 39.4 Å². The largest absolute Gasteiger partial charge is 0.419 e. The minimum Gasteiger partial charge on any atom is -0.337 e. The number of alkyl halides is 3. The standard InChI is InChI=1S/C20H29F3N4O/c1-14-10-15(2)13-27(12-14)19(28)16(3)25-6-8-26(9-7-25)18-5-4-17(11-24-18)20(21,22)23/h4-5,11,14-16H,6-10,12-13H2,1-3H3/p+2/t14-,15+,16-/m1/s1. The second-order valence-electron chi connectivity index (χ2n) is 8.52. The van der Waals surface area contributed by atoms with Gasteiger partial charge in [-0.05, 0) is 31.2 Å². The van der Waals surface area contributed by atoms with Crippen LogP contribution in [0.25, 0.3) is 0 Å². The van der Waals surface area contributed by atoms with E-state index in [9.17, 15) is 18.0 Å². The van der Waals surface area contributed by atoms with Crippen molar-refractivity contribution in [3.8, 4) is 0 Å². The molecule has 5 nitrogen and oxygen atoms in total. The average molecular weight is 400 g/mol. The van der Waals surface area contributed by atoms with Crippen LogP contribution in [0, 0.1) is 11.8 Å². The van der Waals surface area contributed by atoms with Crippen LogP contribution < -0.4 is 14.8 Å². The maximum absolute atomic E-state index is 13.0. The molecule has 8 heteroatoms. The van der Waals surface area contributed by atoms with Gasteiger partial charge in [-0.15, -0.1) is 0 Å². The van der Waals surface area contributed by atoms with Crippen LogP contribution in [0.4, 0.5) is 19.0 Å². The molecule has 0 unspecified atom stereocenters. The zero-order valence-corrected chi connectivity index (χ0v) is 16.9. The Morgan fingerprint density at radius 3 is 2.29 bits per heavy atom. The Hall–Kier alpha value is -1.83. The highest BCUT2D eigenvalue weighted by Gasteiger charge is 2.37. The van der Waals surface area contributed by atoms with Gasteiger partial charge in [-0.2, -0.15) is 13.2 Å². The molecule has 28 heavy (non-hydrogen) atoms. The molecule has 156 valence electrons. The maximum atomic E-state index is 13.0. The van der Waals surface area contributed by atoms with Gasteiger partial charge in [0, 0.05) is 19.2 Å². The summed E-state index contributed by atoms with van der Waals surface area (Å²) in [5, 5.41) is 0. The second-order valence-corrected chi connectivity index (χ2v) is 8.52. The number of rotatable bonds is 3. The Balaban J connectivity index is 1.55. The number of halogens is 3. The third-order valence-electron chi connectivity index (χ3n) is 6.03. The zero-order chi connectivity index (χ0) is 20.5. The normalized spacial score (nSPS) is 25.6. The number of H-pyrrole nitrogens is 1. The van der Waals surface area contributed by atoms with Crippen molar-refractivity contribution < 1.29 is 27.8 Å². The topological polar surface area (TPSA) is 42.1 Å². The fourth-order valence-electron chi connectivity index (χ4n) is 4.55. The van der Waals surface area contributed by atoms with Gasteiger partial charge in [-0.3, -0.25) is 9.69 Å². The number of nitrogens with zero attached hydrogens (tertiary/aromatic N) is 2. The molecule has 0 aliphatic carbocycles. The summed E-state index contributed by atoms with van der Waals surface area (Å²) in [6.45, 7) is 11.1. The highest BCUT2D eigenvalue weighted by molar-refractivity contribution is 5.80. The first-order chi connectivity index (χ1) is 13.1. The van der Waals surface area contributed by atoms with Crippen LogP contribution in [0.2, 0.25) is 0 Å². The van der Waals surface area contributed by atoms with Crippen LogP contribution in [-0.2, 0) is 11.0 Å². The van der Waals surface area contributed by atoms with E-state index in [1.165, 1.54) is 17.4 Å². The third-order valence-corrected chi connectivity index (χ3v) is 6.03. The fourth-order valence-corrected chi connectivity index (χ4v) is 4.55. The average Bonchev–Trinajstić information content (AvgIpc) is 2.65. The molecule has 0 bridgehead atoms. The summed E-state index contributed by atoms with van der Waals surface area (Å²) in [4.78, 5) is 21.0. The number of likely N-dealkylation sites (tertiary alicyclic amines) is 1. The van der Waals surface area contributed by atoms with Gasteiger partial charge in [-0.1, -0.05) is 13.8 Å². The number of anilines is 1. The maximum Gasteiger partial charge on any atom is 0.419 e. The van der Waals surface area contributed by atoms with E-state index in [2.05, 4.69) is 18.8 Å². The van der Waals surface area contributed by atoms with Crippen molar-refractivity contribution in [1.82, 2.24) is 4.90 Å². The Morgan fingerprint density at radius 1 is 1.18 bits per heavy atom. The number of carbonyl (C=O) groups excluding carboxylic acids is 1. The van der Waals surface area contributed by atoms with Crippen molar-refractivity contribution in [1.29, 1.82) is 0 Å². The van der Waals surface area contributed by atoms with Gasteiger partial charge >= 0.3 is 6.18 Å². The number of hydrogen-bond acceptors (Lipinski definition) is 2. The molecule has 3 rings (SSSR count). The SMILES string of the molecule is C[C@@H]1C[C@H](C)CN(C(=O)[C@@H](C)[NH+]2CCN(c3ccc(C(F)(F)F)c[nH+]3)CC2)C1. The summed E-state index contributed by atoms with van der Waals surface area (Å²) in [7, 11) is 0. The summed E-state index contributed by atoms with van der Waals surface area (Å²) in [5.41, 5.74) is -0.676. The zero-order valence-electron chi connectivity index (χ0n) is 16.9. The number of aromatic amines is 1. The molecule has 3 heterocycles. The molecule has 2 aliphatic rings. The monoisotopic (exact) mass is 400 g/mol. The number of nitrogens with one attached hydrogen (secondary N) is 2. The molecular formula is C20H31F3N4O+2. The number of piperidine rings is 1. The minimum absolute atomic E-state index is 0.0868. The molecule has 0 aromatic carbocycles. The van der Waals surface area contributed by atoms with E-state index in [1.807, 2.05) is 16.7 Å². The highest BCUT2D eigenvalue weighted by Crippen LogP contribution is 2.28. The summed E-state index contributed by atoms with van der Waals surface area (Å²) in [6, 6.07) is 2.51. The van der Waals surface area contributed by atoms with Crippen molar-refractivity contribution in [2.75, 3.05) is 44.2 Å². The summed E-state index contributed by atoms with van der Waals surface area (Å²) < 4.78 is 38.1. The van der Waals surface area contributed by atoms with Crippen LogP contribution in [-0.4, -0.2) is 56.1 Å². The quantitative estimate of drug-likeness (QED) is 0.826. The van der Waals surface area contributed by atoms with Crippen LogP contribution >= 0.6 is 0 Å². The van der Waals surface area contributed by atoms with Gasteiger partial charge in [0.15, 0.2) is 6.04 Å². The Kier molecular flexibility index (Phi) is 6.17. The predicted molar refractivity (Wildman–Crippen MR) is 99.9 cm³/mol. The van der Waals surface area contributed by atoms with E-state index in [4.69, 9.17) is 0 Å². The lowest BCUT2D eigenvalue weighted by Gasteiger charge is -2.38. The predicted octanol–water partition coefficient (Wildman–Crippen LogP) is 1.12. The lowest BCUT2D eigenvalue weighted by molar-refractivity contribution is -0.915. The Bertz CT molecular complexity index is 661. The minimum atomic E-state index is -4.34. The molecule has 1 aromatic heterocycles. The molecule has 2 aliphatic heterocycles. The van der Waals surface area contributed by atoms with E-state index in [1.54, 1.807) is 0 Å².